The van der Waals surface area contributed by atoms with Gasteiger partial charge in [-0.05, 0) is 57.9 Å². The van der Waals surface area contributed by atoms with Gasteiger partial charge in [-0.1, -0.05) is 19.3 Å². The highest BCUT2D eigenvalue weighted by atomic mass is 32.2. The molecule has 26 heavy (non-hydrogen) atoms. The van der Waals surface area contributed by atoms with E-state index in [2.05, 4.69) is 5.32 Å². The lowest BCUT2D eigenvalue weighted by Gasteiger charge is -2.35. The van der Waals surface area contributed by atoms with Crippen LogP contribution in [0.5, 0.6) is 0 Å². The lowest BCUT2D eigenvalue weighted by atomic mass is 9.81. The van der Waals surface area contributed by atoms with Crippen LogP contribution in [0, 0.1) is 0 Å². The highest BCUT2D eigenvalue weighted by molar-refractivity contribution is 7.92. The first kappa shape index (κ1) is 20.4. The first-order chi connectivity index (χ1) is 12.2. The lowest BCUT2D eigenvalue weighted by Crippen LogP contribution is -2.56. The standard InChI is InChI=1S/C19H27NO5S/c1-4-25-18(22)19(12-6-5-7-13-19)20-17(21)15-8-10-16(11-9-15)26(23,24)14(2)3/h8-11,14H,4-7,12-13H2,1-3H3,(H,20,21). The molecule has 0 saturated heterocycles. The summed E-state index contributed by atoms with van der Waals surface area (Å²) in [5, 5.41) is 2.32. The second-order valence-corrected chi connectivity index (χ2v) is 9.44. The minimum absolute atomic E-state index is 0.182. The number of benzene rings is 1. The molecule has 1 aliphatic carbocycles. The van der Waals surface area contributed by atoms with Crippen molar-refractivity contribution in [3.63, 3.8) is 0 Å². The minimum atomic E-state index is -3.39. The van der Waals surface area contributed by atoms with E-state index in [1.165, 1.54) is 24.3 Å². The SMILES string of the molecule is CCOC(=O)C1(NC(=O)c2ccc(S(=O)(=O)C(C)C)cc2)CCCCC1. The third-order valence-corrected chi connectivity index (χ3v) is 6.96. The van der Waals surface area contributed by atoms with E-state index < -0.39 is 32.5 Å². The van der Waals surface area contributed by atoms with Gasteiger partial charge in [-0.15, -0.1) is 0 Å². The molecule has 1 aromatic rings. The summed E-state index contributed by atoms with van der Waals surface area (Å²) in [7, 11) is -3.39. The van der Waals surface area contributed by atoms with E-state index in [0.717, 1.165) is 19.3 Å². The molecule has 0 bridgehead atoms. The fourth-order valence-corrected chi connectivity index (χ4v) is 4.22. The van der Waals surface area contributed by atoms with Crippen molar-refractivity contribution in [2.24, 2.45) is 0 Å². The Morgan fingerprint density at radius 3 is 2.19 bits per heavy atom. The van der Waals surface area contributed by atoms with Crippen LogP contribution in [-0.2, 0) is 19.4 Å². The third kappa shape index (κ3) is 4.26. The van der Waals surface area contributed by atoms with Gasteiger partial charge >= 0.3 is 5.97 Å². The van der Waals surface area contributed by atoms with Gasteiger partial charge in [0.25, 0.3) is 5.91 Å². The van der Waals surface area contributed by atoms with Gasteiger partial charge in [0.2, 0.25) is 0 Å². The van der Waals surface area contributed by atoms with Crippen molar-refractivity contribution < 1.29 is 22.7 Å². The highest BCUT2D eigenvalue weighted by Crippen LogP contribution is 2.30. The van der Waals surface area contributed by atoms with E-state index >= 15 is 0 Å². The van der Waals surface area contributed by atoms with Crippen LogP contribution in [0.2, 0.25) is 0 Å². The van der Waals surface area contributed by atoms with Gasteiger partial charge in [0, 0.05) is 5.56 Å². The van der Waals surface area contributed by atoms with Crippen molar-refractivity contribution in [3.05, 3.63) is 29.8 Å². The summed E-state index contributed by atoms with van der Waals surface area (Å²) in [6, 6.07) is 5.82. The lowest BCUT2D eigenvalue weighted by molar-refractivity contribution is -0.152. The van der Waals surface area contributed by atoms with E-state index in [0.29, 0.717) is 18.4 Å². The zero-order valence-electron chi connectivity index (χ0n) is 15.6. The quantitative estimate of drug-likeness (QED) is 0.765. The molecular formula is C19H27NO5S. The Kier molecular flexibility index (Phi) is 6.44. The van der Waals surface area contributed by atoms with Gasteiger partial charge in [0.05, 0.1) is 16.8 Å². The number of hydrogen-bond donors (Lipinski definition) is 1. The summed E-state index contributed by atoms with van der Waals surface area (Å²) < 4.78 is 29.5. The largest absolute Gasteiger partial charge is 0.464 e. The molecule has 0 radical (unpaired) electrons. The molecule has 1 amide bonds. The smallest absolute Gasteiger partial charge is 0.331 e. The van der Waals surface area contributed by atoms with Gasteiger partial charge in [0.1, 0.15) is 5.54 Å². The molecule has 0 heterocycles. The minimum Gasteiger partial charge on any atom is -0.464 e. The number of sulfone groups is 1. The number of rotatable bonds is 6. The second kappa shape index (κ2) is 8.20. The van der Waals surface area contributed by atoms with Crippen LogP contribution in [0.15, 0.2) is 29.2 Å². The van der Waals surface area contributed by atoms with Crippen LogP contribution in [-0.4, -0.2) is 37.7 Å². The predicted octanol–water partition coefficient (Wildman–Crippen LogP) is 2.86. The Labute approximate surface area is 155 Å². The van der Waals surface area contributed by atoms with Gasteiger partial charge in [0.15, 0.2) is 9.84 Å². The van der Waals surface area contributed by atoms with Crippen molar-refractivity contribution in [2.45, 2.75) is 68.6 Å². The number of carbonyl (C=O) groups excluding carboxylic acids is 2. The summed E-state index contributed by atoms with van der Waals surface area (Å²) >= 11 is 0. The molecule has 0 atom stereocenters. The fourth-order valence-electron chi connectivity index (χ4n) is 3.16. The number of carbonyl (C=O) groups is 2. The van der Waals surface area contributed by atoms with Crippen LogP contribution in [0.25, 0.3) is 0 Å². The number of amides is 1. The molecule has 1 aromatic carbocycles. The molecule has 1 saturated carbocycles. The molecule has 6 nitrogen and oxygen atoms in total. The van der Waals surface area contributed by atoms with Gasteiger partial charge < -0.3 is 10.1 Å². The third-order valence-electron chi connectivity index (χ3n) is 4.79. The van der Waals surface area contributed by atoms with Gasteiger partial charge in [-0.2, -0.15) is 0 Å². The van der Waals surface area contributed by atoms with Crippen molar-refractivity contribution in [1.82, 2.24) is 5.32 Å². The predicted molar refractivity (Wildman–Crippen MR) is 98.7 cm³/mol. The molecular weight excluding hydrogens is 354 g/mol. The number of hydrogen-bond acceptors (Lipinski definition) is 5. The Morgan fingerprint density at radius 2 is 1.69 bits per heavy atom. The summed E-state index contributed by atoms with van der Waals surface area (Å²) in [5.74, 6) is -0.791. The van der Waals surface area contributed by atoms with Crippen molar-refractivity contribution in [3.8, 4) is 0 Å². The van der Waals surface area contributed by atoms with E-state index in [1.807, 2.05) is 0 Å². The highest BCUT2D eigenvalue weighted by Gasteiger charge is 2.42. The van der Waals surface area contributed by atoms with Crippen LogP contribution in [0.4, 0.5) is 0 Å². The Morgan fingerprint density at radius 1 is 1.12 bits per heavy atom. The Bertz CT molecular complexity index is 747. The second-order valence-electron chi connectivity index (χ2n) is 6.94. The molecule has 0 spiro atoms. The summed E-state index contributed by atoms with van der Waals surface area (Å²) in [4.78, 5) is 25.3. The van der Waals surface area contributed by atoms with Crippen LogP contribution in [0.1, 0.15) is 63.2 Å². The Hall–Kier alpha value is -1.89. The topological polar surface area (TPSA) is 89.5 Å². The molecule has 1 aliphatic rings. The van der Waals surface area contributed by atoms with Crippen molar-refractivity contribution in [1.29, 1.82) is 0 Å². The van der Waals surface area contributed by atoms with Crippen LogP contribution < -0.4 is 5.32 Å². The molecule has 0 aromatic heterocycles. The normalized spacial score (nSPS) is 16.9. The van der Waals surface area contributed by atoms with E-state index in [9.17, 15) is 18.0 Å². The number of ether oxygens (including phenoxy) is 1. The first-order valence-electron chi connectivity index (χ1n) is 9.06. The maximum Gasteiger partial charge on any atom is 0.331 e. The summed E-state index contributed by atoms with van der Waals surface area (Å²) in [6.45, 7) is 5.23. The fraction of sp³-hybridized carbons (Fsp3) is 0.579. The molecule has 0 unspecified atom stereocenters. The molecule has 2 rings (SSSR count). The first-order valence-corrected chi connectivity index (χ1v) is 10.6. The zero-order valence-corrected chi connectivity index (χ0v) is 16.4. The van der Waals surface area contributed by atoms with Gasteiger partial charge in [-0.25, -0.2) is 13.2 Å². The zero-order chi connectivity index (χ0) is 19.4. The van der Waals surface area contributed by atoms with Crippen molar-refractivity contribution >= 4 is 21.7 Å². The monoisotopic (exact) mass is 381 g/mol. The number of esters is 1. The van der Waals surface area contributed by atoms with Gasteiger partial charge in [-0.3, -0.25) is 4.79 Å². The summed E-state index contributed by atoms with van der Waals surface area (Å²) in [6.07, 6.45) is 3.84. The molecule has 144 valence electrons. The summed E-state index contributed by atoms with van der Waals surface area (Å²) in [5.41, 5.74) is -0.671. The number of nitrogens with one attached hydrogen (secondary N) is 1. The average molecular weight is 381 g/mol. The molecule has 7 heteroatoms. The molecule has 1 fully saturated rings. The maximum atomic E-state index is 12.7. The molecule has 0 aliphatic heterocycles. The van der Waals surface area contributed by atoms with E-state index in [-0.39, 0.29) is 11.5 Å². The van der Waals surface area contributed by atoms with E-state index in [4.69, 9.17) is 4.74 Å². The van der Waals surface area contributed by atoms with E-state index in [1.54, 1.807) is 20.8 Å². The maximum absolute atomic E-state index is 12.7. The van der Waals surface area contributed by atoms with Crippen molar-refractivity contribution in [2.75, 3.05) is 6.61 Å². The van der Waals surface area contributed by atoms with Crippen LogP contribution in [0.3, 0.4) is 0 Å². The average Bonchev–Trinajstić information content (AvgIpc) is 2.62. The Balaban J connectivity index is 2.21. The molecule has 1 N–H and O–H groups in total. The van der Waals surface area contributed by atoms with Crippen LogP contribution >= 0.6 is 0 Å².